The van der Waals surface area contributed by atoms with Crippen molar-refractivity contribution in [3.05, 3.63) is 576 Å². The molecule has 146 heavy (non-hydrogen) atoms. The normalized spacial score (nSPS) is 12.6. The Hall–Kier alpha value is -16.9. The van der Waals surface area contributed by atoms with Crippen LogP contribution in [0.4, 0.5) is 0 Å². The summed E-state index contributed by atoms with van der Waals surface area (Å²) in [6.07, 6.45) is 0. The van der Waals surface area contributed by atoms with Crippen LogP contribution in [0.5, 0.6) is 0 Å². The molecular formula is C146H122. The van der Waals surface area contributed by atoms with Crippen molar-refractivity contribution in [1.29, 1.82) is 0 Å². The van der Waals surface area contributed by atoms with Gasteiger partial charge in [-0.3, -0.25) is 0 Å². The summed E-state index contributed by atoms with van der Waals surface area (Å²) in [5, 5.41) is 18.3. The fourth-order valence-corrected chi connectivity index (χ4v) is 22.0. The van der Waals surface area contributed by atoms with E-state index in [1.54, 1.807) is 0 Å². The Kier molecular flexibility index (Phi) is 26.7. The summed E-state index contributed by atoms with van der Waals surface area (Å²) in [6.45, 7) is 29.0. The first-order valence-corrected chi connectivity index (χ1v) is 51.4. The first kappa shape index (κ1) is 95.3. The van der Waals surface area contributed by atoms with Gasteiger partial charge in [-0.2, -0.15) is 0 Å². The fourth-order valence-electron chi connectivity index (χ4n) is 22.0. The van der Waals surface area contributed by atoms with E-state index in [1.165, 1.54) is 259 Å². The molecule has 0 heteroatoms. The van der Waals surface area contributed by atoms with Gasteiger partial charge < -0.3 is 0 Å². The van der Waals surface area contributed by atoms with Crippen molar-refractivity contribution >= 4 is 75.4 Å². The average Bonchev–Trinajstić information content (AvgIpc) is 1.58. The van der Waals surface area contributed by atoms with E-state index in [0.717, 1.165) is 0 Å². The van der Waals surface area contributed by atoms with Crippen molar-refractivity contribution in [3.63, 3.8) is 0 Å². The quantitative estimate of drug-likeness (QED) is 0.140. The first-order chi connectivity index (χ1) is 71.0. The lowest BCUT2D eigenvalue weighted by atomic mass is 9.81. The molecule has 0 heterocycles. The molecule has 24 aromatic carbocycles. The lowest BCUT2D eigenvalue weighted by Crippen LogP contribution is -2.15. The predicted molar refractivity (Wildman–Crippen MR) is 632 cm³/mol. The number of hydrogen-bond donors (Lipinski definition) is 0. The van der Waals surface area contributed by atoms with Crippen molar-refractivity contribution in [3.8, 4) is 111 Å². The maximum Gasteiger partial charge on any atom is 0.0159 e. The van der Waals surface area contributed by atoms with Crippen LogP contribution in [-0.2, 0) is 16.2 Å². The maximum atomic E-state index is 2.41. The van der Waals surface area contributed by atoms with Gasteiger partial charge in [0.1, 0.15) is 0 Å². The van der Waals surface area contributed by atoms with Crippen LogP contribution in [0.15, 0.2) is 504 Å². The number of hydrogen-bond acceptors (Lipinski definition) is 0. The summed E-state index contributed by atoms with van der Waals surface area (Å²) in [7, 11) is 0. The summed E-state index contributed by atoms with van der Waals surface area (Å²) in [4.78, 5) is 0. The van der Waals surface area contributed by atoms with Crippen LogP contribution in [0.3, 0.4) is 0 Å². The summed E-state index contributed by atoms with van der Waals surface area (Å²) < 4.78 is 0. The van der Waals surface area contributed by atoms with Crippen LogP contribution in [0.25, 0.3) is 187 Å². The Labute approximate surface area is 862 Å². The summed E-state index contributed by atoms with van der Waals surface area (Å²) in [6, 6.07) is 182. The highest BCUT2D eigenvalue weighted by molar-refractivity contribution is 6.10. The third-order valence-electron chi connectivity index (χ3n) is 30.3. The van der Waals surface area contributed by atoms with Crippen LogP contribution in [-0.4, -0.2) is 0 Å². The minimum absolute atomic E-state index is 0.0390. The molecule has 0 unspecified atom stereocenters. The van der Waals surface area contributed by atoms with E-state index in [4.69, 9.17) is 0 Å². The molecule has 0 spiro atoms. The Bertz CT molecular complexity index is 8950. The lowest BCUT2D eigenvalue weighted by Gasteiger charge is -2.22. The molecule has 0 atom stereocenters. The molecule has 0 nitrogen and oxygen atoms in total. The van der Waals surface area contributed by atoms with E-state index >= 15 is 0 Å². The topological polar surface area (TPSA) is 0 Å². The zero-order chi connectivity index (χ0) is 100. The zero-order valence-corrected chi connectivity index (χ0v) is 85.9. The number of fused-ring (bicyclic) bond motifs is 18. The van der Waals surface area contributed by atoms with Gasteiger partial charge in [0.15, 0.2) is 0 Å². The van der Waals surface area contributed by atoms with Gasteiger partial charge in [-0.25, -0.2) is 0 Å². The second kappa shape index (κ2) is 40.8. The van der Waals surface area contributed by atoms with Crippen molar-refractivity contribution < 1.29 is 0 Å². The molecule has 0 bridgehead atoms. The summed E-state index contributed by atoms with van der Waals surface area (Å²) in [5.74, 6) is 0. The Morgan fingerprint density at radius 3 is 0.849 bits per heavy atom. The highest BCUT2D eigenvalue weighted by atomic mass is 14.4. The minimum Gasteiger partial charge on any atom is -0.0622 e. The largest absolute Gasteiger partial charge is 0.0622 e. The molecule has 0 aliphatic heterocycles. The van der Waals surface area contributed by atoms with Crippen LogP contribution < -0.4 is 0 Å². The zero-order valence-electron chi connectivity index (χ0n) is 85.9. The Morgan fingerprint density at radius 2 is 0.356 bits per heavy atom. The van der Waals surface area contributed by atoms with E-state index < -0.39 is 0 Å². The van der Waals surface area contributed by atoms with E-state index in [9.17, 15) is 0 Å². The standard InChI is InChI=1S/C26H22.2C22H20.2C21H16.2C17H14/c1-17-11-13-22-23-14-12-19(16-25(23)26(2,3)24(22)15-17)21-10-6-8-18-7-4-5-9-20(18)21;1-15-8-10-16(11-9-15)17-12-13-19-18-6-4-5-7-20(18)22(2,3)21(19)14-17;1-15-9-11-18-19-12-10-17(16-7-5-4-6-8-16)14-21(19)22(2,3)20(18)13-15;1-15-6-8-16(9-7-15)18-12-13-21-19(14-18)11-10-17-4-2-3-5-20(17)21;1-15-6-8-16(9-7-15)19-13-12-18-11-10-17-4-2-3-5-20(17)21(18)14-19;1-13-7-8-17-12-16(10-9-15(17)11-13)14-5-3-2-4-6-14;1-13-7-8-15-9-10-16(12-17(15)11-13)14-5-3-2-4-6-14/h4-16H,1-3H3;2*4-14H,1-3H3;2*2-14H,1H3;2*2-12H,1H3. The first-order valence-electron chi connectivity index (χ1n) is 51.4. The lowest BCUT2D eigenvalue weighted by molar-refractivity contribution is 0.660. The van der Waals surface area contributed by atoms with Gasteiger partial charge in [0.05, 0.1) is 0 Å². The van der Waals surface area contributed by atoms with Crippen molar-refractivity contribution in [2.24, 2.45) is 0 Å². The van der Waals surface area contributed by atoms with Crippen molar-refractivity contribution in [1.82, 2.24) is 0 Å². The molecule has 27 rings (SSSR count). The Balaban J connectivity index is 0.000000100. The van der Waals surface area contributed by atoms with Gasteiger partial charge >= 0.3 is 0 Å². The highest BCUT2D eigenvalue weighted by Crippen LogP contribution is 2.54. The van der Waals surface area contributed by atoms with Crippen molar-refractivity contribution in [2.75, 3.05) is 0 Å². The fraction of sp³-hybridized carbons (Fsp3) is 0.110. The molecule has 0 amide bonds. The van der Waals surface area contributed by atoms with E-state index in [2.05, 4.69) is 587 Å². The highest BCUT2D eigenvalue weighted by Gasteiger charge is 2.38. The van der Waals surface area contributed by atoms with Gasteiger partial charge in [0, 0.05) is 16.2 Å². The predicted octanol–water partition coefficient (Wildman–Crippen LogP) is 40.6. The van der Waals surface area contributed by atoms with E-state index in [0.29, 0.717) is 0 Å². The van der Waals surface area contributed by atoms with Crippen LogP contribution in [0.1, 0.15) is 114 Å². The number of benzene rings is 24. The van der Waals surface area contributed by atoms with Gasteiger partial charge in [0.2, 0.25) is 0 Å². The molecule has 0 N–H and O–H groups in total. The molecular weight excluding hydrogens is 1750 g/mol. The third kappa shape index (κ3) is 19.7. The molecule has 706 valence electrons. The molecule has 3 aliphatic carbocycles. The average molecular weight is 1880 g/mol. The maximum absolute atomic E-state index is 2.41. The second-order valence-electron chi connectivity index (χ2n) is 41.6. The number of rotatable bonds is 7. The number of aryl methyl sites for hydroxylation is 7. The van der Waals surface area contributed by atoms with Crippen LogP contribution in [0, 0.1) is 48.5 Å². The van der Waals surface area contributed by atoms with Gasteiger partial charge in [0.25, 0.3) is 0 Å². The van der Waals surface area contributed by atoms with E-state index in [1.807, 2.05) is 6.07 Å². The van der Waals surface area contributed by atoms with Gasteiger partial charge in [-0.15, -0.1) is 0 Å². The molecule has 0 fully saturated rings. The smallest absolute Gasteiger partial charge is 0.0159 e. The van der Waals surface area contributed by atoms with Crippen LogP contribution in [0.2, 0.25) is 0 Å². The molecule has 0 saturated heterocycles. The molecule has 0 aromatic heterocycles. The SMILES string of the molecule is Cc1ccc(-c2ccc3c(c2)C(C)(C)c2ccccc2-3)cc1.Cc1ccc(-c2ccc3c(ccc4ccccc43)c2)cc1.Cc1ccc(-c2ccc3ccc4ccccc4c3c2)cc1.Cc1ccc2c(c1)C(C)(C)c1cc(-c3cccc4ccccc34)ccc1-2.Cc1ccc2c(c1)C(C)(C)c1cc(-c3ccccc3)ccc1-2.Cc1ccc2cc(-c3ccccc3)ccc2c1.Cc1ccc2ccc(-c3ccccc3)cc2c1. The molecule has 0 saturated carbocycles. The molecule has 3 aliphatic rings. The molecule has 0 radical (unpaired) electrons. The van der Waals surface area contributed by atoms with Crippen molar-refractivity contribution in [2.45, 2.75) is 106 Å². The van der Waals surface area contributed by atoms with Gasteiger partial charge in [-0.05, 0) is 311 Å². The summed E-state index contributed by atoms with van der Waals surface area (Å²) in [5.41, 5.74) is 44.4. The van der Waals surface area contributed by atoms with E-state index in [-0.39, 0.29) is 16.2 Å². The monoisotopic (exact) mass is 1870 g/mol. The minimum atomic E-state index is 0.0390. The Morgan fingerprint density at radius 1 is 0.110 bits per heavy atom. The third-order valence-corrected chi connectivity index (χ3v) is 30.3. The van der Waals surface area contributed by atoms with Gasteiger partial charge in [-0.1, -0.05) is 542 Å². The van der Waals surface area contributed by atoms with Crippen LogP contribution >= 0.6 is 0 Å². The summed E-state index contributed by atoms with van der Waals surface area (Å²) >= 11 is 0. The molecule has 24 aromatic rings. The second-order valence-corrected chi connectivity index (χ2v) is 41.6.